The molecule has 1 saturated carbocycles. The summed E-state index contributed by atoms with van der Waals surface area (Å²) in [4.78, 5) is -0.553. The van der Waals surface area contributed by atoms with E-state index in [-0.39, 0.29) is 18.5 Å². The summed E-state index contributed by atoms with van der Waals surface area (Å²) in [7, 11) is -4.00. The molecule has 0 bridgehead atoms. The van der Waals surface area contributed by atoms with Gasteiger partial charge in [-0.05, 0) is 30.9 Å². The van der Waals surface area contributed by atoms with Crippen LogP contribution in [0.2, 0.25) is 0 Å². The molecule has 0 amide bonds. The smallest absolute Gasteiger partial charge is 0.243 e. The fourth-order valence-corrected chi connectivity index (χ4v) is 3.17. The van der Waals surface area contributed by atoms with Crippen LogP contribution in [0.5, 0.6) is 0 Å². The summed E-state index contributed by atoms with van der Waals surface area (Å²) in [5.41, 5.74) is 5.48. The van der Waals surface area contributed by atoms with Crippen molar-refractivity contribution < 1.29 is 17.2 Å². The molecule has 0 heterocycles. The zero-order valence-corrected chi connectivity index (χ0v) is 10.4. The van der Waals surface area contributed by atoms with Crippen LogP contribution in [0.4, 0.5) is 8.78 Å². The van der Waals surface area contributed by atoms with Crippen molar-refractivity contribution in [3.05, 3.63) is 29.8 Å². The van der Waals surface area contributed by atoms with Crippen molar-refractivity contribution in [2.75, 3.05) is 6.54 Å². The van der Waals surface area contributed by atoms with Crippen LogP contribution in [0, 0.1) is 17.6 Å². The van der Waals surface area contributed by atoms with E-state index in [0.717, 1.165) is 25.0 Å². The average molecular weight is 276 g/mol. The number of nitrogens with two attached hydrogens (primary N) is 1. The fraction of sp³-hybridized carbons (Fsp3) is 0.455. The third kappa shape index (κ3) is 2.85. The van der Waals surface area contributed by atoms with Crippen LogP contribution in [0.3, 0.4) is 0 Å². The average Bonchev–Trinajstić information content (AvgIpc) is 3.09. The Hall–Kier alpha value is -1.05. The maximum absolute atomic E-state index is 13.4. The molecule has 7 heteroatoms. The van der Waals surface area contributed by atoms with E-state index in [9.17, 15) is 17.2 Å². The van der Waals surface area contributed by atoms with Crippen molar-refractivity contribution in [3.8, 4) is 0 Å². The van der Waals surface area contributed by atoms with E-state index in [1.54, 1.807) is 0 Å². The molecular weight excluding hydrogens is 262 g/mol. The van der Waals surface area contributed by atoms with E-state index in [4.69, 9.17) is 5.73 Å². The number of rotatable bonds is 5. The maximum atomic E-state index is 13.4. The Bertz CT molecular complexity index is 544. The van der Waals surface area contributed by atoms with E-state index in [1.807, 2.05) is 0 Å². The summed E-state index contributed by atoms with van der Waals surface area (Å²) in [6.07, 6.45) is 1.83. The lowest BCUT2D eigenvalue weighted by atomic mass is 10.2. The Morgan fingerprint density at radius 1 is 1.39 bits per heavy atom. The molecule has 0 aromatic heterocycles. The third-order valence-electron chi connectivity index (χ3n) is 2.93. The molecule has 18 heavy (non-hydrogen) atoms. The van der Waals surface area contributed by atoms with Gasteiger partial charge in [-0.1, -0.05) is 0 Å². The van der Waals surface area contributed by atoms with Crippen LogP contribution in [-0.4, -0.2) is 21.0 Å². The molecule has 1 atom stereocenters. The SMILES string of the molecule is NCC(NS(=O)(=O)c1ccc(F)cc1F)C1CC1. The van der Waals surface area contributed by atoms with Gasteiger partial charge >= 0.3 is 0 Å². The molecule has 1 aliphatic rings. The molecule has 0 aliphatic heterocycles. The van der Waals surface area contributed by atoms with Gasteiger partial charge in [0, 0.05) is 18.7 Å². The van der Waals surface area contributed by atoms with Gasteiger partial charge in [-0.3, -0.25) is 0 Å². The van der Waals surface area contributed by atoms with Gasteiger partial charge in [0.15, 0.2) is 0 Å². The monoisotopic (exact) mass is 276 g/mol. The molecule has 3 N–H and O–H groups in total. The number of halogens is 2. The second-order valence-corrected chi connectivity index (χ2v) is 6.06. The van der Waals surface area contributed by atoms with Gasteiger partial charge in [-0.2, -0.15) is 0 Å². The van der Waals surface area contributed by atoms with Crippen LogP contribution in [0.15, 0.2) is 23.1 Å². The first-order valence-electron chi connectivity index (χ1n) is 5.61. The Kier molecular flexibility index (Phi) is 3.65. The molecule has 1 aromatic rings. The minimum absolute atomic E-state index is 0.159. The minimum atomic E-state index is -4.00. The Balaban J connectivity index is 2.24. The van der Waals surface area contributed by atoms with Gasteiger partial charge in [-0.15, -0.1) is 0 Å². The highest BCUT2D eigenvalue weighted by Crippen LogP contribution is 2.33. The topological polar surface area (TPSA) is 72.2 Å². The quantitative estimate of drug-likeness (QED) is 0.842. The van der Waals surface area contributed by atoms with Crippen LogP contribution >= 0.6 is 0 Å². The number of hydrogen-bond donors (Lipinski definition) is 2. The van der Waals surface area contributed by atoms with Crippen molar-refractivity contribution >= 4 is 10.0 Å². The maximum Gasteiger partial charge on any atom is 0.243 e. The summed E-state index contributed by atoms with van der Waals surface area (Å²) in [6, 6.07) is 1.97. The lowest BCUT2D eigenvalue weighted by Gasteiger charge is -2.16. The van der Waals surface area contributed by atoms with E-state index in [2.05, 4.69) is 4.72 Å². The fourth-order valence-electron chi connectivity index (χ4n) is 1.79. The van der Waals surface area contributed by atoms with Crippen molar-refractivity contribution in [1.82, 2.24) is 4.72 Å². The summed E-state index contributed by atoms with van der Waals surface area (Å²) >= 11 is 0. The summed E-state index contributed by atoms with van der Waals surface area (Å²) in [5.74, 6) is -1.70. The molecule has 1 unspecified atom stereocenters. The second-order valence-electron chi connectivity index (χ2n) is 4.38. The summed E-state index contributed by atoms with van der Waals surface area (Å²) < 4.78 is 52.4. The largest absolute Gasteiger partial charge is 0.329 e. The number of hydrogen-bond acceptors (Lipinski definition) is 3. The van der Waals surface area contributed by atoms with Gasteiger partial charge in [0.05, 0.1) is 0 Å². The first-order chi connectivity index (χ1) is 8.44. The van der Waals surface area contributed by atoms with E-state index < -0.39 is 26.6 Å². The Morgan fingerprint density at radius 3 is 2.56 bits per heavy atom. The van der Waals surface area contributed by atoms with E-state index >= 15 is 0 Å². The summed E-state index contributed by atoms with van der Waals surface area (Å²) in [5, 5.41) is 0. The van der Waals surface area contributed by atoms with Crippen LogP contribution < -0.4 is 10.5 Å². The highest BCUT2D eigenvalue weighted by molar-refractivity contribution is 7.89. The van der Waals surface area contributed by atoms with Gasteiger partial charge in [-0.25, -0.2) is 21.9 Å². The third-order valence-corrected chi connectivity index (χ3v) is 4.46. The molecule has 0 saturated heterocycles. The lowest BCUT2D eigenvalue weighted by molar-refractivity contribution is 0.508. The molecule has 1 aliphatic carbocycles. The van der Waals surface area contributed by atoms with Crippen molar-refractivity contribution in [3.63, 3.8) is 0 Å². The zero-order chi connectivity index (χ0) is 13.3. The molecule has 1 aromatic carbocycles. The minimum Gasteiger partial charge on any atom is -0.329 e. The molecule has 4 nitrogen and oxygen atoms in total. The first-order valence-corrected chi connectivity index (χ1v) is 7.10. The number of sulfonamides is 1. The van der Waals surface area contributed by atoms with E-state index in [0.29, 0.717) is 6.07 Å². The molecule has 2 rings (SSSR count). The number of benzene rings is 1. The van der Waals surface area contributed by atoms with Gasteiger partial charge in [0.25, 0.3) is 0 Å². The second kappa shape index (κ2) is 4.91. The summed E-state index contributed by atoms with van der Waals surface area (Å²) in [6.45, 7) is 0.159. The van der Waals surface area contributed by atoms with Crippen molar-refractivity contribution in [1.29, 1.82) is 0 Å². The van der Waals surface area contributed by atoms with Crippen LogP contribution in [-0.2, 0) is 10.0 Å². The predicted molar refractivity (Wildman–Crippen MR) is 62.2 cm³/mol. The standard InChI is InChI=1S/C11H14F2N2O2S/c12-8-3-4-11(9(13)5-8)18(16,17)15-10(6-14)7-1-2-7/h3-5,7,10,15H,1-2,6,14H2. The molecule has 100 valence electrons. The molecule has 0 spiro atoms. The predicted octanol–water partition coefficient (Wildman–Crippen LogP) is 0.980. The molecular formula is C11H14F2N2O2S. The Morgan fingerprint density at radius 2 is 2.06 bits per heavy atom. The highest BCUT2D eigenvalue weighted by Gasteiger charge is 2.34. The van der Waals surface area contributed by atoms with Crippen LogP contribution in [0.1, 0.15) is 12.8 Å². The Labute approximate surface area is 104 Å². The number of nitrogens with one attached hydrogen (secondary N) is 1. The zero-order valence-electron chi connectivity index (χ0n) is 9.57. The van der Waals surface area contributed by atoms with Gasteiger partial charge in [0.1, 0.15) is 16.5 Å². The van der Waals surface area contributed by atoms with Gasteiger partial charge < -0.3 is 5.73 Å². The van der Waals surface area contributed by atoms with Gasteiger partial charge in [0.2, 0.25) is 10.0 Å². The molecule has 0 radical (unpaired) electrons. The highest BCUT2D eigenvalue weighted by atomic mass is 32.2. The molecule has 1 fully saturated rings. The van der Waals surface area contributed by atoms with Crippen molar-refractivity contribution in [2.45, 2.75) is 23.8 Å². The lowest BCUT2D eigenvalue weighted by Crippen LogP contribution is -2.41. The first kappa shape index (κ1) is 13.4. The van der Waals surface area contributed by atoms with Crippen molar-refractivity contribution in [2.24, 2.45) is 11.7 Å². The van der Waals surface area contributed by atoms with Crippen LogP contribution in [0.25, 0.3) is 0 Å². The van der Waals surface area contributed by atoms with E-state index in [1.165, 1.54) is 0 Å². The normalized spacial score (nSPS) is 17.7.